The van der Waals surface area contributed by atoms with Crippen LogP contribution in [0.4, 0.5) is 0 Å². The van der Waals surface area contributed by atoms with E-state index in [1.165, 1.54) is 83.5 Å². The van der Waals surface area contributed by atoms with Gasteiger partial charge in [-0.15, -0.1) is 0 Å². The van der Waals surface area contributed by atoms with Crippen molar-refractivity contribution in [1.29, 1.82) is 0 Å². The van der Waals surface area contributed by atoms with Crippen molar-refractivity contribution in [2.24, 2.45) is 0 Å². The number of hydrogen-bond acceptors (Lipinski definition) is 5. The van der Waals surface area contributed by atoms with Crippen LogP contribution in [0.15, 0.2) is 85.1 Å². The van der Waals surface area contributed by atoms with Crippen LogP contribution in [0.3, 0.4) is 0 Å². The van der Waals surface area contributed by atoms with E-state index in [1.807, 2.05) is 30.4 Å². The quantitative estimate of drug-likeness (QED) is 0.0246. The Labute approximate surface area is 376 Å². The lowest BCUT2D eigenvalue weighted by Crippen LogP contribution is -2.46. The lowest BCUT2D eigenvalue weighted by Gasteiger charge is -2.24. The fraction of sp³-hybridized carbons (Fsp3) is 0.709. The van der Waals surface area contributed by atoms with Crippen molar-refractivity contribution in [2.45, 2.75) is 244 Å². The average molecular weight is 850 g/mol. The summed E-state index contributed by atoms with van der Waals surface area (Å²) in [5.74, 6) is -0.547. The Kier molecular flexibility index (Phi) is 45.7. The van der Waals surface area contributed by atoms with Crippen molar-refractivity contribution in [2.75, 3.05) is 6.61 Å². The molecule has 0 heterocycles. The third kappa shape index (κ3) is 43.5. The molecule has 3 unspecified atom stereocenters. The zero-order chi connectivity index (χ0) is 44.5. The van der Waals surface area contributed by atoms with Crippen molar-refractivity contribution in [3.05, 3.63) is 85.1 Å². The van der Waals surface area contributed by atoms with Gasteiger partial charge in [0.15, 0.2) is 0 Å². The maximum absolute atomic E-state index is 13.2. The summed E-state index contributed by atoms with van der Waals surface area (Å²) in [7, 11) is 0. The van der Waals surface area contributed by atoms with Gasteiger partial charge in [0.05, 0.1) is 25.2 Å². The Hall–Kier alpha value is -2.96. The molecule has 6 nitrogen and oxygen atoms in total. The standard InChI is InChI=1S/C55H95NO5/c1-4-7-10-13-16-19-22-25-26-27-28-30-31-34-37-40-43-46-51(61-55(60)48-45-42-39-36-33-29-23-20-17-14-11-8-5-2)49-54(59)56-52(50-57)53(58)47-44-41-38-35-32-24-21-18-15-12-9-6-3/h8,11,14,16-17,19-20,23,25-26,28-30,33,51-53,57-58H,4-7,9-10,12-13,15,18,21-22,24,27,31-32,34-50H2,1-3H3,(H,56,59)/b11-8+,17-14+,19-16-,23-20-,26-25-,30-28-,33-29-. The third-order valence-electron chi connectivity index (χ3n) is 11.1. The molecule has 0 bridgehead atoms. The zero-order valence-corrected chi connectivity index (χ0v) is 39.8. The lowest BCUT2D eigenvalue weighted by molar-refractivity contribution is -0.151. The Morgan fingerprint density at radius 3 is 1.52 bits per heavy atom. The summed E-state index contributed by atoms with van der Waals surface area (Å²) in [6.45, 7) is 6.29. The molecule has 0 aliphatic rings. The SMILES string of the molecule is CC/C=C/C=C/C=C\C=C/CCCCCC(=O)OC(CCCCCC/C=C\C/C=C\C/C=C\CCCCC)CC(=O)NC(CO)C(O)CCCCCCCCCCCCCC. The van der Waals surface area contributed by atoms with Gasteiger partial charge in [0.1, 0.15) is 6.10 Å². The first kappa shape index (κ1) is 58.0. The highest BCUT2D eigenvalue weighted by Crippen LogP contribution is 2.17. The summed E-state index contributed by atoms with van der Waals surface area (Å²) in [6, 6.07) is -0.721. The number of amides is 1. The van der Waals surface area contributed by atoms with Gasteiger partial charge in [-0.2, -0.15) is 0 Å². The van der Waals surface area contributed by atoms with Crippen molar-refractivity contribution in [3.63, 3.8) is 0 Å². The van der Waals surface area contributed by atoms with Gasteiger partial charge >= 0.3 is 5.97 Å². The minimum atomic E-state index is -0.805. The molecular weight excluding hydrogens is 755 g/mol. The molecule has 0 aliphatic carbocycles. The van der Waals surface area contributed by atoms with Gasteiger partial charge in [0.2, 0.25) is 5.91 Å². The van der Waals surface area contributed by atoms with Gasteiger partial charge in [-0.3, -0.25) is 9.59 Å². The summed E-state index contributed by atoms with van der Waals surface area (Å²) < 4.78 is 5.90. The van der Waals surface area contributed by atoms with E-state index >= 15 is 0 Å². The molecule has 61 heavy (non-hydrogen) atoms. The van der Waals surface area contributed by atoms with E-state index in [0.717, 1.165) is 96.3 Å². The molecule has 0 aromatic rings. The van der Waals surface area contributed by atoms with Crippen LogP contribution in [0.1, 0.15) is 226 Å². The predicted molar refractivity (Wildman–Crippen MR) is 264 cm³/mol. The smallest absolute Gasteiger partial charge is 0.306 e. The van der Waals surface area contributed by atoms with E-state index in [1.54, 1.807) is 0 Å². The van der Waals surface area contributed by atoms with E-state index in [9.17, 15) is 19.8 Å². The molecule has 0 aromatic carbocycles. The molecule has 6 heteroatoms. The number of aliphatic hydroxyl groups is 2. The number of rotatable bonds is 44. The van der Waals surface area contributed by atoms with Gasteiger partial charge in [0, 0.05) is 6.42 Å². The molecule has 3 N–H and O–H groups in total. The van der Waals surface area contributed by atoms with Crippen molar-refractivity contribution in [1.82, 2.24) is 5.32 Å². The van der Waals surface area contributed by atoms with Crippen LogP contribution >= 0.6 is 0 Å². The first-order valence-electron chi connectivity index (χ1n) is 25.4. The number of aliphatic hydroxyl groups excluding tert-OH is 2. The van der Waals surface area contributed by atoms with Crippen molar-refractivity contribution in [3.8, 4) is 0 Å². The predicted octanol–water partition coefficient (Wildman–Crippen LogP) is 15.2. The highest BCUT2D eigenvalue weighted by atomic mass is 16.5. The average Bonchev–Trinajstić information content (AvgIpc) is 3.25. The molecule has 0 fully saturated rings. The minimum absolute atomic E-state index is 0.0425. The molecule has 0 spiro atoms. The Morgan fingerprint density at radius 1 is 0.508 bits per heavy atom. The number of carbonyl (C=O) groups excluding carboxylic acids is 2. The van der Waals surface area contributed by atoms with E-state index < -0.39 is 18.2 Å². The number of unbranched alkanes of at least 4 members (excludes halogenated alkanes) is 21. The van der Waals surface area contributed by atoms with Gasteiger partial charge in [-0.1, -0.05) is 215 Å². The first-order chi connectivity index (χ1) is 30.0. The molecule has 0 aliphatic heterocycles. The van der Waals surface area contributed by atoms with Crippen LogP contribution in [-0.2, 0) is 14.3 Å². The van der Waals surface area contributed by atoms with Crippen LogP contribution in [0.2, 0.25) is 0 Å². The summed E-state index contributed by atoms with van der Waals surface area (Å²) in [4.78, 5) is 26.1. The molecular formula is C55H95NO5. The lowest BCUT2D eigenvalue weighted by atomic mass is 10.0. The fourth-order valence-electron chi connectivity index (χ4n) is 7.21. The van der Waals surface area contributed by atoms with Gasteiger partial charge < -0.3 is 20.3 Å². The second kappa shape index (κ2) is 48.1. The zero-order valence-electron chi connectivity index (χ0n) is 39.8. The maximum atomic E-state index is 13.2. The first-order valence-corrected chi connectivity index (χ1v) is 25.4. The second-order valence-electron chi connectivity index (χ2n) is 16.9. The molecule has 0 rings (SSSR count). The monoisotopic (exact) mass is 850 g/mol. The van der Waals surface area contributed by atoms with Crippen molar-refractivity contribution < 1.29 is 24.5 Å². The summed E-state index contributed by atoms with van der Waals surface area (Å²) in [5, 5.41) is 23.7. The van der Waals surface area contributed by atoms with Crippen LogP contribution in [-0.4, -0.2) is 46.9 Å². The molecule has 0 aromatic heterocycles. The number of allylic oxidation sites excluding steroid dienone is 14. The Bertz CT molecular complexity index is 1180. The normalized spacial score (nSPS) is 14.0. The molecule has 0 saturated carbocycles. The molecule has 0 saturated heterocycles. The van der Waals surface area contributed by atoms with E-state index in [2.05, 4.69) is 80.8 Å². The summed E-state index contributed by atoms with van der Waals surface area (Å²) in [5.41, 5.74) is 0. The van der Waals surface area contributed by atoms with Crippen LogP contribution in [0.25, 0.3) is 0 Å². The maximum Gasteiger partial charge on any atom is 0.306 e. The largest absolute Gasteiger partial charge is 0.462 e. The molecule has 3 atom stereocenters. The number of ether oxygens (including phenoxy) is 1. The highest BCUT2D eigenvalue weighted by Gasteiger charge is 2.24. The molecule has 350 valence electrons. The van der Waals surface area contributed by atoms with Gasteiger partial charge in [-0.05, 0) is 83.5 Å². The fourth-order valence-corrected chi connectivity index (χ4v) is 7.21. The number of nitrogens with one attached hydrogen (secondary N) is 1. The third-order valence-corrected chi connectivity index (χ3v) is 11.1. The number of esters is 1. The summed E-state index contributed by atoms with van der Waals surface area (Å²) in [6.07, 6.45) is 62.1. The Morgan fingerprint density at radius 2 is 0.951 bits per heavy atom. The minimum Gasteiger partial charge on any atom is -0.462 e. The molecule has 0 radical (unpaired) electrons. The topological polar surface area (TPSA) is 95.9 Å². The van der Waals surface area contributed by atoms with Gasteiger partial charge in [-0.25, -0.2) is 0 Å². The number of hydrogen-bond donors (Lipinski definition) is 3. The van der Waals surface area contributed by atoms with E-state index in [4.69, 9.17) is 4.74 Å². The van der Waals surface area contributed by atoms with Gasteiger partial charge in [0.25, 0.3) is 0 Å². The van der Waals surface area contributed by atoms with Crippen molar-refractivity contribution >= 4 is 11.9 Å². The molecule has 1 amide bonds. The van der Waals surface area contributed by atoms with E-state index in [-0.39, 0.29) is 24.9 Å². The summed E-state index contributed by atoms with van der Waals surface area (Å²) >= 11 is 0. The number of carbonyl (C=O) groups is 2. The van der Waals surface area contributed by atoms with Crippen LogP contribution < -0.4 is 5.32 Å². The van der Waals surface area contributed by atoms with E-state index in [0.29, 0.717) is 19.3 Å². The highest BCUT2D eigenvalue weighted by molar-refractivity contribution is 5.77. The Balaban J connectivity index is 4.72. The second-order valence-corrected chi connectivity index (χ2v) is 16.9. The van der Waals surface area contributed by atoms with Crippen LogP contribution in [0.5, 0.6) is 0 Å². The van der Waals surface area contributed by atoms with Crippen LogP contribution in [0, 0.1) is 0 Å².